The molecule has 2 rings (SSSR count). The summed E-state index contributed by atoms with van der Waals surface area (Å²) < 4.78 is 0. The number of rotatable bonds is 2. The summed E-state index contributed by atoms with van der Waals surface area (Å²) in [5.41, 5.74) is 0.507. The number of hydrogen-bond donors (Lipinski definition) is 1. The van der Waals surface area contributed by atoms with E-state index in [0.717, 1.165) is 12.2 Å². The summed E-state index contributed by atoms with van der Waals surface area (Å²) >= 11 is 0. The van der Waals surface area contributed by atoms with Crippen molar-refractivity contribution in [1.29, 1.82) is 0 Å². The van der Waals surface area contributed by atoms with E-state index in [4.69, 9.17) is 5.11 Å². The molecule has 0 saturated carbocycles. The molecule has 0 amide bonds. The van der Waals surface area contributed by atoms with Crippen LogP contribution in [0.2, 0.25) is 0 Å². The van der Waals surface area contributed by atoms with Crippen LogP contribution >= 0.6 is 0 Å². The number of carbonyl (C=O) groups is 1. The van der Waals surface area contributed by atoms with Gasteiger partial charge in [-0.25, -0.2) is 16.9 Å². The molecule has 0 spiro atoms. The first-order valence-electron chi connectivity index (χ1n) is 5.04. The molecule has 0 radical (unpaired) electrons. The molecule has 0 aromatic heterocycles. The van der Waals surface area contributed by atoms with E-state index in [-0.39, 0.29) is 22.8 Å². The topological polar surface area (TPSA) is 60.4 Å². The Balaban J connectivity index is 0.000000405. The normalized spacial score (nSPS) is 11.9. The average Bonchev–Trinajstić information content (AvgIpc) is 2.99. The Kier molecular flexibility index (Phi) is 8.20. The zero-order valence-electron chi connectivity index (χ0n) is 9.47. The Morgan fingerprint density at radius 1 is 1.17 bits per heavy atom. The fourth-order valence-corrected chi connectivity index (χ4v) is 1.10. The quantitative estimate of drug-likeness (QED) is 0.389. The number of carboxylic acid groups (broad SMARTS) is 1. The average molecular weight is 284 g/mol. The summed E-state index contributed by atoms with van der Waals surface area (Å²) in [5, 5.41) is 19.3. The van der Waals surface area contributed by atoms with Crippen molar-refractivity contribution in [3.05, 3.63) is 78.1 Å². The van der Waals surface area contributed by atoms with Gasteiger partial charge in [-0.15, -0.1) is 5.76 Å². The molecule has 0 fully saturated rings. The third-order valence-electron chi connectivity index (χ3n) is 1.88. The van der Waals surface area contributed by atoms with Crippen molar-refractivity contribution in [3.63, 3.8) is 0 Å². The van der Waals surface area contributed by atoms with Gasteiger partial charge in [0, 0.05) is 6.08 Å². The number of hydrogen-bond acceptors (Lipinski definition) is 2. The maximum absolute atomic E-state index is 11.1. The fourth-order valence-electron chi connectivity index (χ4n) is 1.10. The Bertz CT molecular complexity index is 434. The van der Waals surface area contributed by atoms with Gasteiger partial charge in [0.25, 0.3) is 0 Å². The van der Waals surface area contributed by atoms with E-state index < -0.39 is 5.97 Å². The smallest absolute Gasteiger partial charge is 0.872 e. The van der Waals surface area contributed by atoms with Crippen molar-refractivity contribution in [3.8, 4) is 0 Å². The van der Waals surface area contributed by atoms with Crippen LogP contribution < -0.4 is 5.11 Å². The van der Waals surface area contributed by atoms with Crippen LogP contribution in [0.25, 0.3) is 0 Å². The summed E-state index contributed by atoms with van der Waals surface area (Å²) in [6.45, 7) is 0. The SMILES string of the molecule is O=C(O)/C=C/C([O-])=C1C=CC=C1.[Fe+2].c1cc[cH-]c1. The molecule has 3 nitrogen and oxygen atoms in total. The minimum atomic E-state index is -1.12. The van der Waals surface area contributed by atoms with E-state index in [1.807, 2.05) is 30.3 Å². The van der Waals surface area contributed by atoms with Gasteiger partial charge < -0.3 is 10.2 Å². The third kappa shape index (κ3) is 6.63. The Morgan fingerprint density at radius 3 is 2.11 bits per heavy atom. The van der Waals surface area contributed by atoms with Gasteiger partial charge in [-0.05, 0) is 5.57 Å². The predicted octanol–water partition coefficient (Wildman–Crippen LogP) is 1.77. The van der Waals surface area contributed by atoms with Crippen molar-refractivity contribution in [2.75, 3.05) is 0 Å². The van der Waals surface area contributed by atoms with Gasteiger partial charge in [0.1, 0.15) is 0 Å². The molecule has 18 heavy (non-hydrogen) atoms. The van der Waals surface area contributed by atoms with Crippen LogP contribution in [0.15, 0.2) is 78.1 Å². The van der Waals surface area contributed by atoms with Crippen LogP contribution in [0, 0.1) is 0 Å². The van der Waals surface area contributed by atoms with Gasteiger partial charge in [-0.3, -0.25) is 0 Å². The first kappa shape index (κ1) is 16.1. The van der Waals surface area contributed by atoms with Gasteiger partial charge in [0.15, 0.2) is 0 Å². The molecule has 4 heteroatoms. The molecule has 0 unspecified atom stereocenters. The second kappa shape index (κ2) is 9.16. The summed E-state index contributed by atoms with van der Waals surface area (Å²) in [6, 6.07) is 10.0. The minimum absolute atomic E-state index is 0. The van der Waals surface area contributed by atoms with E-state index in [2.05, 4.69) is 0 Å². The molecule has 1 aromatic rings. The van der Waals surface area contributed by atoms with E-state index in [1.165, 1.54) is 0 Å². The first-order valence-corrected chi connectivity index (χ1v) is 5.04. The van der Waals surface area contributed by atoms with Crippen LogP contribution in [-0.2, 0) is 21.9 Å². The van der Waals surface area contributed by atoms with Crippen molar-refractivity contribution in [1.82, 2.24) is 0 Å². The van der Waals surface area contributed by atoms with Gasteiger partial charge >= 0.3 is 23.0 Å². The van der Waals surface area contributed by atoms with Crippen LogP contribution in [0.5, 0.6) is 0 Å². The largest absolute Gasteiger partial charge is 2.00 e. The van der Waals surface area contributed by atoms with Crippen molar-refractivity contribution >= 4 is 5.97 Å². The van der Waals surface area contributed by atoms with Crippen molar-refractivity contribution in [2.45, 2.75) is 0 Å². The number of allylic oxidation sites excluding steroid dienone is 6. The Labute approximate surface area is 116 Å². The molecule has 0 bridgehead atoms. The van der Waals surface area contributed by atoms with Gasteiger partial charge in [-0.1, -0.05) is 30.4 Å². The van der Waals surface area contributed by atoms with E-state index >= 15 is 0 Å². The zero-order chi connectivity index (χ0) is 12.5. The molecule has 0 aliphatic heterocycles. The Hall–Kier alpha value is -1.90. The second-order valence-electron chi connectivity index (χ2n) is 3.17. The molecule has 0 saturated heterocycles. The second-order valence-corrected chi connectivity index (χ2v) is 3.17. The standard InChI is InChI=1S/C9H8O3.C5H5.Fe/c10-8(5-6-9(11)12)7-3-1-2-4-7;1-2-4-5-3-1;/h1-6,10H,(H,11,12);1-5H;/q;-1;+2/p-1/b6-5+;;. The number of carboxylic acids is 1. The van der Waals surface area contributed by atoms with Crippen LogP contribution in [0.3, 0.4) is 0 Å². The van der Waals surface area contributed by atoms with E-state index in [0.29, 0.717) is 5.57 Å². The summed E-state index contributed by atoms with van der Waals surface area (Å²) in [6.07, 6.45) is 8.58. The molecular weight excluding hydrogens is 272 g/mol. The molecule has 0 atom stereocenters. The minimum Gasteiger partial charge on any atom is -0.872 e. The van der Waals surface area contributed by atoms with Gasteiger partial charge in [0.2, 0.25) is 0 Å². The maximum Gasteiger partial charge on any atom is 2.00 e. The maximum atomic E-state index is 11.1. The van der Waals surface area contributed by atoms with Gasteiger partial charge in [0.05, 0.1) is 0 Å². The summed E-state index contributed by atoms with van der Waals surface area (Å²) in [5.74, 6) is -1.41. The molecule has 94 valence electrons. The van der Waals surface area contributed by atoms with Crippen LogP contribution in [0.4, 0.5) is 0 Å². The summed E-state index contributed by atoms with van der Waals surface area (Å²) in [4.78, 5) is 10.0. The first-order chi connectivity index (χ1) is 8.20. The Morgan fingerprint density at radius 2 is 1.72 bits per heavy atom. The molecule has 1 aliphatic rings. The van der Waals surface area contributed by atoms with Crippen LogP contribution in [-0.4, -0.2) is 11.1 Å². The molecule has 1 N–H and O–H groups in total. The monoisotopic (exact) mass is 284 g/mol. The van der Waals surface area contributed by atoms with Crippen molar-refractivity contribution < 1.29 is 32.1 Å². The molecule has 1 aromatic carbocycles. The van der Waals surface area contributed by atoms with Crippen molar-refractivity contribution in [2.24, 2.45) is 0 Å². The molecular formula is C14H12FeO3. The molecule has 0 heterocycles. The fraction of sp³-hybridized carbons (Fsp3) is 0. The van der Waals surface area contributed by atoms with Gasteiger partial charge in [-0.2, -0.15) is 18.2 Å². The molecule has 1 aliphatic carbocycles. The number of aliphatic carboxylic acids is 1. The van der Waals surface area contributed by atoms with E-state index in [9.17, 15) is 9.90 Å². The van der Waals surface area contributed by atoms with Crippen LogP contribution in [0.1, 0.15) is 0 Å². The zero-order valence-corrected chi connectivity index (χ0v) is 10.6. The van der Waals surface area contributed by atoms with E-state index in [1.54, 1.807) is 24.3 Å². The summed E-state index contributed by atoms with van der Waals surface area (Å²) in [7, 11) is 0. The third-order valence-corrected chi connectivity index (χ3v) is 1.88. The predicted molar refractivity (Wildman–Crippen MR) is 64.1 cm³/mol.